The van der Waals surface area contributed by atoms with E-state index < -0.39 is 0 Å². The molecule has 0 amide bonds. The fraction of sp³-hybridized carbons (Fsp3) is 0.567. The highest BCUT2D eigenvalue weighted by molar-refractivity contribution is 7.80. The lowest BCUT2D eigenvalue weighted by Gasteiger charge is -2.33. The third-order valence-electron chi connectivity index (χ3n) is 7.57. The number of morpholine rings is 1. The van der Waals surface area contributed by atoms with E-state index in [1.807, 2.05) is 0 Å². The second kappa shape index (κ2) is 13.4. The molecule has 0 aromatic heterocycles. The highest BCUT2D eigenvalue weighted by Gasteiger charge is 2.19. The molecular weight excluding hydrogens is 464 g/mol. The maximum absolute atomic E-state index is 5.96. The summed E-state index contributed by atoms with van der Waals surface area (Å²) in [6.45, 7) is 15.5. The Labute approximate surface area is 223 Å². The maximum Gasteiger partial charge on any atom is 0.173 e. The third kappa shape index (κ3) is 7.44. The van der Waals surface area contributed by atoms with Crippen LogP contribution in [0.4, 0.5) is 11.4 Å². The fourth-order valence-electron chi connectivity index (χ4n) is 5.21. The van der Waals surface area contributed by atoms with Crippen LogP contribution < -0.4 is 10.2 Å². The molecule has 1 N–H and O–H groups in total. The van der Waals surface area contributed by atoms with Crippen molar-refractivity contribution in [2.75, 3.05) is 62.7 Å². The number of nitrogens with zero attached hydrogens (tertiary/aromatic N) is 3. The van der Waals surface area contributed by atoms with E-state index in [4.69, 9.17) is 17.0 Å². The lowest BCUT2D eigenvalue weighted by Crippen LogP contribution is -2.40. The number of nitrogens with one attached hydrogen (secondary N) is 1. The second-order valence-electron chi connectivity index (χ2n) is 10.4. The van der Waals surface area contributed by atoms with Crippen molar-refractivity contribution in [2.45, 2.75) is 59.4 Å². The zero-order valence-electron chi connectivity index (χ0n) is 22.5. The van der Waals surface area contributed by atoms with Crippen molar-refractivity contribution in [2.24, 2.45) is 0 Å². The van der Waals surface area contributed by atoms with Crippen LogP contribution in [0.1, 0.15) is 54.9 Å². The van der Waals surface area contributed by atoms with Crippen LogP contribution >= 0.6 is 12.2 Å². The van der Waals surface area contributed by atoms with Crippen molar-refractivity contribution in [3.05, 3.63) is 58.7 Å². The van der Waals surface area contributed by atoms with Crippen molar-refractivity contribution in [3.63, 3.8) is 0 Å². The van der Waals surface area contributed by atoms with Gasteiger partial charge in [-0.3, -0.25) is 4.90 Å². The molecule has 36 heavy (non-hydrogen) atoms. The molecule has 5 nitrogen and oxygen atoms in total. The van der Waals surface area contributed by atoms with E-state index in [-0.39, 0.29) is 0 Å². The number of anilines is 2. The van der Waals surface area contributed by atoms with E-state index in [2.05, 4.69) is 77.2 Å². The normalized spacial score (nSPS) is 16.0. The number of thiocarbonyl (C=S) groups is 1. The molecule has 196 valence electrons. The number of hydrogen-bond acceptors (Lipinski definition) is 4. The second-order valence-corrected chi connectivity index (χ2v) is 10.8. The van der Waals surface area contributed by atoms with Gasteiger partial charge in [-0.15, -0.1) is 0 Å². The van der Waals surface area contributed by atoms with Gasteiger partial charge in [0, 0.05) is 57.2 Å². The molecule has 2 aromatic rings. The van der Waals surface area contributed by atoms with E-state index in [0.717, 1.165) is 63.2 Å². The predicted octanol–water partition coefficient (Wildman–Crippen LogP) is 5.78. The topological polar surface area (TPSA) is 31.0 Å². The Bertz CT molecular complexity index is 1000. The van der Waals surface area contributed by atoms with Crippen LogP contribution in [0.15, 0.2) is 36.4 Å². The van der Waals surface area contributed by atoms with Gasteiger partial charge in [-0.25, -0.2) is 0 Å². The molecule has 2 heterocycles. The molecule has 2 aromatic carbocycles. The molecular formula is C30H44N4OS. The van der Waals surface area contributed by atoms with E-state index in [1.165, 1.54) is 66.7 Å². The molecule has 0 atom stereocenters. The summed E-state index contributed by atoms with van der Waals surface area (Å²) < 4.78 is 5.52. The zero-order valence-corrected chi connectivity index (χ0v) is 23.3. The van der Waals surface area contributed by atoms with Gasteiger partial charge in [-0.05, 0) is 92.2 Å². The first-order valence-corrected chi connectivity index (χ1v) is 14.2. The first-order valence-electron chi connectivity index (χ1n) is 13.8. The lowest BCUT2D eigenvalue weighted by atomic mass is 9.98. The Morgan fingerprint density at radius 2 is 1.83 bits per heavy atom. The molecule has 0 radical (unpaired) electrons. The number of unbranched alkanes of at least 4 members (excludes halogenated alkanes) is 1. The van der Waals surface area contributed by atoms with E-state index in [9.17, 15) is 0 Å². The molecule has 1 saturated heterocycles. The maximum atomic E-state index is 5.96. The predicted molar refractivity (Wildman–Crippen MR) is 156 cm³/mol. The zero-order chi connectivity index (χ0) is 25.3. The van der Waals surface area contributed by atoms with Crippen molar-refractivity contribution < 1.29 is 4.74 Å². The SMILES string of the molecule is CCCCN1CCCc2cc(CN(CCCN3CCOCC3)C(=S)Nc3ccc(C)c(C)c3)ccc21. The first kappa shape index (κ1) is 26.9. The highest BCUT2D eigenvalue weighted by atomic mass is 32.1. The summed E-state index contributed by atoms with van der Waals surface area (Å²) in [6, 6.07) is 13.6. The Hall–Kier alpha value is -2.15. The minimum absolute atomic E-state index is 0.808. The molecule has 4 rings (SSSR count). The number of ether oxygens (including phenoxy) is 1. The van der Waals surface area contributed by atoms with Crippen LogP contribution in [0.3, 0.4) is 0 Å². The standard InChI is InChI=1S/C30H44N4OS/c1-4-5-14-33-15-6-8-27-22-26(10-12-29(27)33)23-34(16-7-13-32-17-19-35-20-18-32)30(36)31-28-11-9-24(2)25(3)21-28/h9-12,21-22H,4-8,13-20,23H2,1-3H3,(H,31,36). The molecule has 2 aliphatic heterocycles. The average molecular weight is 509 g/mol. The van der Waals surface area contributed by atoms with E-state index in [0.29, 0.717) is 0 Å². The van der Waals surface area contributed by atoms with Crippen LogP contribution in [0.25, 0.3) is 0 Å². The molecule has 1 fully saturated rings. The quantitative estimate of drug-likeness (QED) is 0.410. The first-order chi connectivity index (χ1) is 17.5. The monoisotopic (exact) mass is 508 g/mol. The van der Waals surface area contributed by atoms with Crippen molar-refractivity contribution >= 4 is 28.7 Å². The number of benzene rings is 2. The van der Waals surface area contributed by atoms with Crippen molar-refractivity contribution in [1.29, 1.82) is 0 Å². The summed E-state index contributed by atoms with van der Waals surface area (Å²) in [5, 5.41) is 4.33. The van der Waals surface area contributed by atoms with Gasteiger partial charge in [0.05, 0.1) is 13.2 Å². The van der Waals surface area contributed by atoms with Gasteiger partial charge < -0.3 is 19.9 Å². The molecule has 0 saturated carbocycles. The smallest absolute Gasteiger partial charge is 0.173 e. The summed E-state index contributed by atoms with van der Waals surface area (Å²) in [4.78, 5) is 7.44. The lowest BCUT2D eigenvalue weighted by molar-refractivity contribution is 0.0368. The van der Waals surface area contributed by atoms with Crippen LogP contribution in [-0.2, 0) is 17.7 Å². The van der Waals surface area contributed by atoms with Crippen LogP contribution in [0, 0.1) is 13.8 Å². The molecule has 6 heteroatoms. The van der Waals surface area contributed by atoms with Gasteiger partial charge >= 0.3 is 0 Å². The summed E-state index contributed by atoms with van der Waals surface area (Å²) in [6.07, 6.45) is 6.01. The Kier molecular flexibility index (Phi) is 10.0. The van der Waals surface area contributed by atoms with Gasteiger partial charge in [-0.1, -0.05) is 31.5 Å². The van der Waals surface area contributed by atoms with Crippen LogP contribution in [0.5, 0.6) is 0 Å². The van der Waals surface area contributed by atoms with Gasteiger partial charge in [0.1, 0.15) is 0 Å². The largest absolute Gasteiger partial charge is 0.379 e. The summed E-state index contributed by atoms with van der Waals surface area (Å²) in [5.74, 6) is 0. The summed E-state index contributed by atoms with van der Waals surface area (Å²) in [7, 11) is 0. The minimum Gasteiger partial charge on any atom is -0.379 e. The van der Waals surface area contributed by atoms with Gasteiger partial charge in [0.25, 0.3) is 0 Å². The summed E-state index contributed by atoms with van der Waals surface area (Å²) in [5.41, 5.74) is 7.93. The number of aryl methyl sites for hydroxylation is 3. The number of fused-ring (bicyclic) bond motifs is 1. The van der Waals surface area contributed by atoms with Crippen LogP contribution in [0.2, 0.25) is 0 Å². The molecule has 0 unspecified atom stereocenters. The Morgan fingerprint density at radius 1 is 1.00 bits per heavy atom. The number of rotatable bonds is 10. The van der Waals surface area contributed by atoms with Crippen molar-refractivity contribution in [3.8, 4) is 0 Å². The minimum atomic E-state index is 0.808. The highest BCUT2D eigenvalue weighted by Crippen LogP contribution is 2.29. The van der Waals surface area contributed by atoms with Gasteiger partial charge in [-0.2, -0.15) is 0 Å². The molecule has 0 aliphatic carbocycles. The van der Waals surface area contributed by atoms with E-state index >= 15 is 0 Å². The van der Waals surface area contributed by atoms with E-state index in [1.54, 1.807) is 0 Å². The summed E-state index contributed by atoms with van der Waals surface area (Å²) >= 11 is 5.96. The molecule has 2 aliphatic rings. The van der Waals surface area contributed by atoms with Gasteiger partial charge in [0.2, 0.25) is 0 Å². The Balaban J connectivity index is 1.45. The fourth-order valence-corrected chi connectivity index (χ4v) is 5.49. The molecule has 0 bridgehead atoms. The average Bonchev–Trinajstić information content (AvgIpc) is 2.89. The number of hydrogen-bond donors (Lipinski definition) is 1. The van der Waals surface area contributed by atoms with Gasteiger partial charge in [0.15, 0.2) is 5.11 Å². The molecule has 0 spiro atoms. The van der Waals surface area contributed by atoms with Crippen LogP contribution in [-0.4, -0.2) is 67.4 Å². The third-order valence-corrected chi connectivity index (χ3v) is 7.93. The van der Waals surface area contributed by atoms with Crippen molar-refractivity contribution in [1.82, 2.24) is 9.80 Å². The Morgan fingerprint density at radius 3 is 2.61 bits per heavy atom.